The number of fused-ring (bicyclic) bond motifs is 1. The first kappa shape index (κ1) is 25.3. The number of benzene rings is 2. The molecule has 5 rings (SSSR count). The zero-order chi connectivity index (χ0) is 26.0. The average Bonchev–Trinajstić information content (AvgIpc) is 3.60. The summed E-state index contributed by atoms with van der Waals surface area (Å²) in [5, 5.41) is 11.4. The van der Waals surface area contributed by atoms with Crippen molar-refractivity contribution in [1.29, 1.82) is 0 Å². The van der Waals surface area contributed by atoms with Crippen LogP contribution in [0.25, 0.3) is 0 Å². The molecule has 1 N–H and O–H groups in total. The minimum Gasteiger partial charge on any atom is -0.463 e. The Morgan fingerprint density at radius 3 is 2.65 bits per heavy atom. The molecule has 37 heavy (non-hydrogen) atoms. The lowest BCUT2D eigenvalue weighted by molar-refractivity contribution is -0.175. The first-order chi connectivity index (χ1) is 17.8. The Morgan fingerprint density at radius 1 is 1.14 bits per heavy atom. The van der Waals surface area contributed by atoms with E-state index in [1.54, 1.807) is 30.3 Å². The fourth-order valence-corrected chi connectivity index (χ4v) is 5.35. The summed E-state index contributed by atoms with van der Waals surface area (Å²) in [5.74, 6) is -3.15. The van der Waals surface area contributed by atoms with Gasteiger partial charge < -0.3 is 29.1 Å². The van der Waals surface area contributed by atoms with E-state index in [0.29, 0.717) is 19.5 Å². The molecule has 2 aromatic carbocycles. The standard InChI is InChI=1S/C28H32F2N2O5/c1-20-31(13-14-32(20)18-21-8-9-24-25(16-21)37-19-36-24)12-5-15-35-26(33)28(34,22-6-3-2-4-7-22)23-10-11-27(29,30)17-23/h2-4,6-9,13-14,16,20,23,34H,5,10-12,15,17-19H2,1H3/t20?,23-,28+/m1/s1. The molecule has 0 spiro atoms. The number of halogens is 2. The predicted octanol–water partition coefficient (Wildman–Crippen LogP) is 4.61. The lowest BCUT2D eigenvalue weighted by Gasteiger charge is -2.32. The van der Waals surface area contributed by atoms with Gasteiger partial charge in [-0.15, -0.1) is 0 Å². The van der Waals surface area contributed by atoms with E-state index in [9.17, 15) is 18.7 Å². The fourth-order valence-electron chi connectivity index (χ4n) is 5.35. The molecule has 1 unspecified atom stereocenters. The van der Waals surface area contributed by atoms with Crippen LogP contribution in [0.4, 0.5) is 8.78 Å². The molecule has 0 amide bonds. The monoisotopic (exact) mass is 514 g/mol. The third-order valence-electron chi connectivity index (χ3n) is 7.52. The van der Waals surface area contributed by atoms with Gasteiger partial charge in [0, 0.05) is 44.2 Å². The van der Waals surface area contributed by atoms with Crippen LogP contribution in [-0.4, -0.2) is 52.9 Å². The first-order valence-corrected chi connectivity index (χ1v) is 12.7. The second-order valence-corrected chi connectivity index (χ2v) is 9.95. The van der Waals surface area contributed by atoms with Crippen LogP contribution >= 0.6 is 0 Å². The molecule has 2 aromatic rings. The van der Waals surface area contributed by atoms with E-state index in [4.69, 9.17) is 14.2 Å². The summed E-state index contributed by atoms with van der Waals surface area (Å²) in [7, 11) is 0. The zero-order valence-electron chi connectivity index (χ0n) is 20.8. The van der Waals surface area contributed by atoms with Gasteiger partial charge in [-0.2, -0.15) is 0 Å². The van der Waals surface area contributed by atoms with Gasteiger partial charge in [-0.3, -0.25) is 0 Å². The number of hydrogen-bond acceptors (Lipinski definition) is 7. The first-order valence-electron chi connectivity index (χ1n) is 12.7. The van der Waals surface area contributed by atoms with Gasteiger partial charge in [0.2, 0.25) is 12.7 Å². The van der Waals surface area contributed by atoms with Crippen LogP contribution in [-0.2, 0) is 21.7 Å². The Morgan fingerprint density at radius 2 is 1.89 bits per heavy atom. The van der Waals surface area contributed by atoms with Crippen LogP contribution in [0.5, 0.6) is 11.5 Å². The van der Waals surface area contributed by atoms with Gasteiger partial charge in [-0.25, -0.2) is 13.6 Å². The molecular formula is C28H32F2N2O5. The number of nitrogens with zero attached hydrogens (tertiary/aromatic N) is 2. The van der Waals surface area contributed by atoms with E-state index in [0.717, 1.165) is 17.1 Å². The third kappa shape index (κ3) is 5.23. The van der Waals surface area contributed by atoms with Crippen molar-refractivity contribution >= 4 is 5.97 Å². The van der Waals surface area contributed by atoms with Crippen LogP contribution in [0, 0.1) is 5.92 Å². The summed E-state index contributed by atoms with van der Waals surface area (Å²) in [5.41, 5.74) is -0.698. The molecule has 0 bridgehead atoms. The van der Waals surface area contributed by atoms with Gasteiger partial charge >= 0.3 is 5.97 Å². The van der Waals surface area contributed by atoms with Crippen molar-refractivity contribution in [3.63, 3.8) is 0 Å². The van der Waals surface area contributed by atoms with E-state index < -0.39 is 29.8 Å². The number of rotatable bonds is 9. The zero-order valence-corrected chi connectivity index (χ0v) is 20.8. The predicted molar refractivity (Wildman–Crippen MR) is 132 cm³/mol. The summed E-state index contributed by atoms with van der Waals surface area (Å²) < 4.78 is 44.2. The summed E-state index contributed by atoms with van der Waals surface area (Å²) in [6.45, 7) is 3.75. The average molecular weight is 515 g/mol. The normalized spacial score (nSPS) is 23.4. The molecular weight excluding hydrogens is 482 g/mol. The van der Waals surface area contributed by atoms with E-state index >= 15 is 0 Å². The minimum atomic E-state index is -2.89. The topological polar surface area (TPSA) is 71.5 Å². The Hall–Kier alpha value is -3.33. The van der Waals surface area contributed by atoms with Crippen molar-refractivity contribution in [1.82, 2.24) is 9.80 Å². The van der Waals surface area contributed by atoms with Crippen molar-refractivity contribution in [2.45, 2.75) is 56.8 Å². The lowest BCUT2D eigenvalue weighted by atomic mass is 9.80. The summed E-state index contributed by atoms with van der Waals surface area (Å²) >= 11 is 0. The summed E-state index contributed by atoms with van der Waals surface area (Å²) in [6.07, 6.45) is 3.83. The van der Waals surface area contributed by atoms with E-state index in [2.05, 4.69) is 16.7 Å². The van der Waals surface area contributed by atoms with Gasteiger partial charge in [0.25, 0.3) is 0 Å². The molecule has 3 atom stereocenters. The minimum absolute atomic E-state index is 0.0583. The van der Waals surface area contributed by atoms with E-state index in [1.807, 2.05) is 30.6 Å². The smallest absolute Gasteiger partial charge is 0.343 e. The fraction of sp³-hybridized carbons (Fsp3) is 0.464. The van der Waals surface area contributed by atoms with Crippen LogP contribution < -0.4 is 9.47 Å². The second-order valence-electron chi connectivity index (χ2n) is 9.95. The number of esters is 1. The Balaban J connectivity index is 1.13. The number of hydrogen-bond donors (Lipinski definition) is 1. The van der Waals surface area contributed by atoms with Crippen molar-refractivity contribution < 1.29 is 32.9 Å². The van der Waals surface area contributed by atoms with Crippen LogP contribution in [0.1, 0.15) is 43.7 Å². The number of alkyl halides is 2. The highest BCUT2D eigenvalue weighted by Crippen LogP contribution is 2.48. The van der Waals surface area contributed by atoms with E-state index in [-0.39, 0.29) is 38.0 Å². The van der Waals surface area contributed by atoms with Crippen LogP contribution in [0.2, 0.25) is 0 Å². The molecule has 7 nitrogen and oxygen atoms in total. The van der Waals surface area contributed by atoms with Gasteiger partial charge in [-0.1, -0.05) is 36.4 Å². The lowest BCUT2D eigenvalue weighted by Crippen LogP contribution is -2.44. The van der Waals surface area contributed by atoms with Gasteiger partial charge in [-0.05, 0) is 43.0 Å². The number of ether oxygens (including phenoxy) is 3. The maximum Gasteiger partial charge on any atom is 0.343 e. The Labute approximate surface area is 215 Å². The molecule has 2 heterocycles. The molecule has 1 fully saturated rings. The molecule has 0 aromatic heterocycles. The second kappa shape index (κ2) is 10.2. The highest BCUT2D eigenvalue weighted by molar-refractivity contribution is 5.81. The highest BCUT2D eigenvalue weighted by atomic mass is 19.3. The molecule has 1 saturated carbocycles. The largest absolute Gasteiger partial charge is 0.463 e. The third-order valence-corrected chi connectivity index (χ3v) is 7.52. The number of carbonyl (C=O) groups excluding carboxylic acids is 1. The molecule has 3 aliphatic rings. The molecule has 0 saturated heterocycles. The van der Waals surface area contributed by atoms with Crippen molar-refractivity contribution in [3.05, 3.63) is 72.1 Å². The maximum atomic E-state index is 14.0. The summed E-state index contributed by atoms with van der Waals surface area (Å²) in [6, 6.07) is 14.2. The number of carbonyl (C=O) groups is 1. The van der Waals surface area contributed by atoms with Crippen molar-refractivity contribution in [2.75, 3.05) is 19.9 Å². The van der Waals surface area contributed by atoms with Crippen LogP contribution in [0.15, 0.2) is 60.9 Å². The molecule has 2 aliphatic heterocycles. The summed E-state index contributed by atoms with van der Waals surface area (Å²) in [4.78, 5) is 17.4. The Kier molecular flexibility index (Phi) is 6.98. The maximum absolute atomic E-state index is 14.0. The molecule has 0 radical (unpaired) electrons. The number of aliphatic hydroxyl groups is 1. The quantitative estimate of drug-likeness (QED) is 0.387. The van der Waals surface area contributed by atoms with Gasteiger partial charge in [0.1, 0.15) is 0 Å². The Bertz CT molecular complexity index is 1140. The van der Waals surface area contributed by atoms with Crippen molar-refractivity contribution in [2.24, 2.45) is 5.92 Å². The molecule has 9 heteroatoms. The van der Waals surface area contributed by atoms with E-state index in [1.165, 1.54) is 0 Å². The van der Waals surface area contributed by atoms with Gasteiger partial charge in [0.15, 0.2) is 17.1 Å². The van der Waals surface area contributed by atoms with Crippen molar-refractivity contribution in [3.8, 4) is 11.5 Å². The molecule has 198 valence electrons. The van der Waals surface area contributed by atoms with Gasteiger partial charge in [0.05, 0.1) is 12.8 Å². The molecule has 1 aliphatic carbocycles. The van der Waals surface area contributed by atoms with Crippen LogP contribution in [0.3, 0.4) is 0 Å². The highest BCUT2D eigenvalue weighted by Gasteiger charge is 2.54. The SMILES string of the molecule is CC1N(CCCOC(=O)[C@](O)(c2ccccc2)[C@@H]2CCC(F)(F)C2)C=CN1Cc1ccc2c(c1)OCO2.